The zero-order valence-corrected chi connectivity index (χ0v) is 15.4. The molecule has 0 aliphatic rings. The average molecular weight is 438 g/mol. The van der Waals surface area contributed by atoms with Gasteiger partial charge in [-0.2, -0.15) is 0 Å². The van der Waals surface area contributed by atoms with E-state index in [0.717, 1.165) is 4.47 Å². The molecule has 122 valence electrons. The quantitative estimate of drug-likeness (QED) is 0.749. The summed E-state index contributed by atoms with van der Waals surface area (Å²) in [7, 11) is -3.76. The Hall–Kier alpha value is -1.12. The third kappa shape index (κ3) is 5.47. The van der Waals surface area contributed by atoms with Gasteiger partial charge < -0.3 is 5.32 Å². The molecule has 0 spiro atoms. The second-order valence-corrected chi connectivity index (χ2v) is 8.04. The van der Waals surface area contributed by atoms with Crippen LogP contribution in [0.3, 0.4) is 0 Å². The molecule has 0 fully saturated rings. The molecule has 0 unspecified atom stereocenters. The fourth-order valence-corrected chi connectivity index (χ4v) is 3.46. The van der Waals surface area contributed by atoms with E-state index in [2.05, 4.69) is 26.0 Å². The maximum absolute atomic E-state index is 12.1. The Morgan fingerprint density at radius 1 is 1.04 bits per heavy atom. The van der Waals surface area contributed by atoms with E-state index in [0.29, 0.717) is 15.7 Å². The van der Waals surface area contributed by atoms with Crippen molar-refractivity contribution in [2.75, 3.05) is 11.9 Å². The molecule has 0 bridgehead atoms. The minimum atomic E-state index is -3.76. The van der Waals surface area contributed by atoms with Gasteiger partial charge >= 0.3 is 0 Å². The summed E-state index contributed by atoms with van der Waals surface area (Å²) >= 11 is 14.9. The maximum Gasteiger partial charge on any atom is 0.241 e. The van der Waals surface area contributed by atoms with Crippen LogP contribution in [0.5, 0.6) is 0 Å². The van der Waals surface area contributed by atoms with E-state index in [1.807, 2.05) is 0 Å². The fraction of sp³-hybridized carbons (Fsp3) is 0.0714. The lowest BCUT2D eigenvalue weighted by molar-refractivity contribution is -0.115. The van der Waals surface area contributed by atoms with Crippen molar-refractivity contribution in [1.29, 1.82) is 0 Å². The summed E-state index contributed by atoms with van der Waals surface area (Å²) in [5.74, 6) is -0.538. The first kappa shape index (κ1) is 18.2. The van der Waals surface area contributed by atoms with Gasteiger partial charge in [-0.1, -0.05) is 39.1 Å². The van der Waals surface area contributed by atoms with E-state index < -0.39 is 22.5 Å². The van der Waals surface area contributed by atoms with Crippen molar-refractivity contribution in [2.24, 2.45) is 0 Å². The Labute approximate surface area is 152 Å². The lowest BCUT2D eigenvalue weighted by Crippen LogP contribution is -2.32. The Kier molecular flexibility index (Phi) is 6.05. The van der Waals surface area contributed by atoms with Crippen LogP contribution in [0.4, 0.5) is 5.69 Å². The smallest absolute Gasteiger partial charge is 0.241 e. The molecule has 5 nitrogen and oxygen atoms in total. The summed E-state index contributed by atoms with van der Waals surface area (Å²) in [4.78, 5) is 11.9. The van der Waals surface area contributed by atoms with Gasteiger partial charge in [0.15, 0.2) is 0 Å². The van der Waals surface area contributed by atoms with Gasteiger partial charge in [-0.15, -0.1) is 0 Å². The third-order valence-corrected chi connectivity index (χ3v) is 5.08. The van der Waals surface area contributed by atoms with E-state index in [9.17, 15) is 13.2 Å². The minimum absolute atomic E-state index is 0.0688. The van der Waals surface area contributed by atoms with Gasteiger partial charge in [0.25, 0.3) is 0 Å². The average Bonchev–Trinajstić information content (AvgIpc) is 2.44. The molecule has 0 aliphatic heterocycles. The minimum Gasteiger partial charge on any atom is -0.325 e. The second-order valence-electron chi connectivity index (χ2n) is 4.48. The molecular formula is C14H11BrCl2N2O3S. The van der Waals surface area contributed by atoms with Crippen LogP contribution in [0.15, 0.2) is 51.8 Å². The van der Waals surface area contributed by atoms with Crippen LogP contribution in [0, 0.1) is 0 Å². The van der Waals surface area contributed by atoms with E-state index >= 15 is 0 Å². The number of halogens is 3. The van der Waals surface area contributed by atoms with Gasteiger partial charge in [-0.3, -0.25) is 4.79 Å². The van der Waals surface area contributed by atoms with Crippen LogP contribution in [0.25, 0.3) is 0 Å². The highest BCUT2D eigenvalue weighted by Crippen LogP contribution is 2.22. The summed E-state index contributed by atoms with van der Waals surface area (Å²) in [5, 5.41) is 3.24. The molecule has 2 aromatic rings. The number of carbonyl (C=O) groups is 1. The highest BCUT2D eigenvalue weighted by Gasteiger charge is 2.15. The van der Waals surface area contributed by atoms with E-state index in [1.54, 1.807) is 12.1 Å². The van der Waals surface area contributed by atoms with Crippen molar-refractivity contribution < 1.29 is 13.2 Å². The van der Waals surface area contributed by atoms with Crippen LogP contribution >= 0.6 is 39.1 Å². The van der Waals surface area contributed by atoms with E-state index in [-0.39, 0.29) is 4.90 Å². The van der Waals surface area contributed by atoms with E-state index in [1.165, 1.54) is 30.3 Å². The molecule has 9 heteroatoms. The predicted molar refractivity (Wildman–Crippen MR) is 94.4 cm³/mol. The molecule has 0 atom stereocenters. The monoisotopic (exact) mass is 436 g/mol. The number of sulfonamides is 1. The Bertz CT molecular complexity index is 806. The highest BCUT2D eigenvalue weighted by atomic mass is 79.9. The Morgan fingerprint density at radius 2 is 1.61 bits per heavy atom. The summed E-state index contributed by atoms with van der Waals surface area (Å²) in [6.07, 6.45) is 0. The third-order valence-electron chi connectivity index (χ3n) is 2.69. The SMILES string of the molecule is O=C(CNS(=O)(=O)c1ccc(Br)cc1)Nc1cc(Cl)cc(Cl)c1. The first-order chi connectivity index (χ1) is 10.8. The largest absolute Gasteiger partial charge is 0.325 e. The lowest BCUT2D eigenvalue weighted by atomic mass is 10.3. The Morgan fingerprint density at radius 3 is 2.17 bits per heavy atom. The van der Waals surface area contributed by atoms with Crippen molar-refractivity contribution >= 4 is 60.7 Å². The number of amides is 1. The molecule has 0 radical (unpaired) electrons. The summed E-state index contributed by atoms with van der Waals surface area (Å²) in [6.45, 7) is -0.414. The van der Waals surface area contributed by atoms with Crippen LogP contribution < -0.4 is 10.0 Å². The number of hydrogen-bond donors (Lipinski definition) is 2. The molecule has 2 rings (SSSR count). The summed E-state index contributed by atoms with van der Waals surface area (Å²) < 4.78 is 27.1. The van der Waals surface area contributed by atoms with Gasteiger partial charge in [-0.25, -0.2) is 13.1 Å². The fourth-order valence-electron chi connectivity index (χ4n) is 1.69. The number of hydrogen-bond acceptors (Lipinski definition) is 3. The molecule has 1 amide bonds. The predicted octanol–water partition coefficient (Wildman–Crippen LogP) is 3.67. The first-order valence-corrected chi connectivity index (χ1v) is 9.31. The van der Waals surface area contributed by atoms with Gasteiger partial charge in [0.1, 0.15) is 0 Å². The molecule has 23 heavy (non-hydrogen) atoms. The molecule has 2 N–H and O–H groups in total. The van der Waals surface area contributed by atoms with Gasteiger partial charge in [0, 0.05) is 20.2 Å². The van der Waals surface area contributed by atoms with Crippen LogP contribution in [0.1, 0.15) is 0 Å². The first-order valence-electron chi connectivity index (χ1n) is 6.27. The molecule has 0 aliphatic carbocycles. The van der Waals surface area contributed by atoms with Crippen LogP contribution in [0.2, 0.25) is 10.0 Å². The molecule has 2 aromatic carbocycles. The normalized spacial score (nSPS) is 11.3. The van der Waals surface area contributed by atoms with Crippen molar-refractivity contribution in [3.05, 3.63) is 57.0 Å². The standard InChI is InChI=1S/C14H11BrCl2N2O3S/c15-9-1-3-13(4-2-9)23(21,22)18-8-14(20)19-12-6-10(16)5-11(17)7-12/h1-7,18H,8H2,(H,19,20). The highest BCUT2D eigenvalue weighted by molar-refractivity contribution is 9.10. The molecule has 0 aromatic heterocycles. The number of anilines is 1. The summed E-state index contributed by atoms with van der Waals surface area (Å²) in [5.41, 5.74) is 0.385. The number of benzene rings is 2. The molecular weight excluding hydrogens is 427 g/mol. The topological polar surface area (TPSA) is 75.3 Å². The van der Waals surface area contributed by atoms with Crippen molar-refractivity contribution in [3.8, 4) is 0 Å². The number of carbonyl (C=O) groups excluding carboxylic acids is 1. The van der Waals surface area contributed by atoms with E-state index in [4.69, 9.17) is 23.2 Å². The lowest BCUT2D eigenvalue weighted by Gasteiger charge is -2.08. The Balaban J connectivity index is 1.99. The number of rotatable bonds is 5. The van der Waals surface area contributed by atoms with Crippen LogP contribution in [-0.2, 0) is 14.8 Å². The van der Waals surface area contributed by atoms with Gasteiger partial charge in [0.05, 0.1) is 11.4 Å². The molecule has 0 saturated heterocycles. The van der Waals surface area contributed by atoms with Crippen molar-refractivity contribution in [2.45, 2.75) is 4.90 Å². The van der Waals surface area contributed by atoms with Crippen LogP contribution in [-0.4, -0.2) is 20.9 Å². The zero-order chi connectivity index (χ0) is 17.0. The van der Waals surface area contributed by atoms with Crippen molar-refractivity contribution in [3.63, 3.8) is 0 Å². The summed E-state index contributed by atoms with van der Waals surface area (Å²) in [6, 6.07) is 10.6. The van der Waals surface area contributed by atoms with Crippen molar-refractivity contribution in [1.82, 2.24) is 4.72 Å². The molecule has 0 heterocycles. The zero-order valence-electron chi connectivity index (χ0n) is 11.5. The second kappa shape index (κ2) is 7.63. The van der Waals surface area contributed by atoms with Gasteiger partial charge in [-0.05, 0) is 42.5 Å². The van der Waals surface area contributed by atoms with Gasteiger partial charge in [0.2, 0.25) is 15.9 Å². The molecule has 0 saturated carbocycles. The number of nitrogens with one attached hydrogen (secondary N) is 2. The maximum atomic E-state index is 12.1.